The zero-order valence-electron chi connectivity index (χ0n) is 15.7. The number of ether oxygens (including phenoxy) is 1. The number of carbonyl (C=O) groups excluding carboxylic acids is 1. The maximum absolute atomic E-state index is 13.1. The van der Waals surface area contributed by atoms with Crippen LogP contribution in [0.2, 0.25) is 0 Å². The average Bonchev–Trinajstić information content (AvgIpc) is 3.39. The van der Waals surface area contributed by atoms with E-state index in [1.54, 1.807) is 11.3 Å². The summed E-state index contributed by atoms with van der Waals surface area (Å²) >= 11 is 1.55. The fourth-order valence-electron chi connectivity index (χ4n) is 3.80. The van der Waals surface area contributed by atoms with Crippen molar-refractivity contribution in [2.45, 2.75) is 25.4 Å². The summed E-state index contributed by atoms with van der Waals surface area (Å²) in [6.45, 7) is 1.19. The first kappa shape index (κ1) is 18.1. The molecule has 29 heavy (non-hydrogen) atoms. The molecule has 0 spiro atoms. The number of rotatable bonds is 4. The summed E-state index contributed by atoms with van der Waals surface area (Å²) in [7, 11) is 0. The molecule has 4 heterocycles. The molecular weight excluding hydrogens is 388 g/mol. The summed E-state index contributed by atoms with van der Waals surface area (Å²) in [5.41, 5.74) is 1.17. The maximum Gasteiger partial charge on any atom is 0.291 e. The summed E-state index contributed by atoms with van der Waals surface area (Å²) in [6.07, 6.45) is 1.58. The highest BCUT2D eigenvalue weighted by atomic mass is 32.1. The molecule has 0 radical (unpaired) electrons. The molecule has 0 unspecified atom stereocenters. The van der Waals surface area contributed by atoms with E-state index < -0.39 is 0 Å². The van der Waals surface area contributed by atoms with E-state index in [1.807, 2.05) is 52.2 Å². The number of para-hydroxylation sites is 1. The third-order valence-electron chi connectivity index (χ3n) is 5.21. The topological polar surface area (TPSA) is 77.6 Å². The molecule has 1 amide bonds. The number of nitrogens with zero attached hydrogens (tertiary/aromatic N) is 3. The van der Waals surface area contributed by atoms with Crippen LogP contribution >= 0.6 is 11.3 Å². The van der Waals surface area contributed by atoms with Gasteiger partial charge in [-0.15, -0.1) is 16.4 Å². The Kier molecular flexibility index (Phi) is 4.65. The number of aromatic nitrogens is 3. The molecule has 1 saturated heterocycles. The third-order valence-corrected chi connectivity index (χ3v) is 6.08. The minimum absolute atomic E-state index is 0.0864. The van der Waals surface area contributed by atoms with Crippen molar-refractivity contribution in [1.29, 1.82) is 0 Å². The number of benzene rings is 1. The minimum Gasteiger partial charge on any atom is -0.381 e. The number of hydrogen-bond donors (Lipinski definition) is 1. The van der Waals surface area contributed by atoms with Gasteiger partial charge in [-0.25, -0.2) is 4.68 Å². The fraction of sp³-hybridized carbons (Fsp3) is 0.286. The Morgan fingerprint density at radius 1 is 1.17 bits per heavy atom. The molecule has 1 aliphatic heterocycles. The van der Waals surface area contributed by atoms with Crippen molar-refractivity contribution in [1.82, 2.24) is 19.5 Å². The van der Waals surface area contributed by atoms with E-state index in [9.17, 15) is 9.59 Å². The molecule has 1 N–H and O–H groups in total. The van der Waals surface area contributed by atoms with E-state index >= 15 is 0 Å². The van der Waals surface area contributed by atoms with E-state index in [1.165, 1.54) is 4.68 Å². The van der Waals surface area contributed by atoms with E-state index in [2.05, 4.69) is 10.4 Å². The van der Waals surface area contributed by atoms with Gasteiger partial charge in [-0.2, -0.15) is 0 Å². The number of fused-ring (bicyclic) bond motifs is 3. The Morgan fingerprint density at radius 2 is 2.00 bits per heavy atom. The van der Waals surface area contributed by atoms with Crippen molar-refractivity contribution < 1.29 is 9.53 Å². The molecule has 0 saturated carbocycles. The highest BCUT2D eigenvalue weighted by Crippen LogP contribution is 2.27. The number of hydrogen-bond acceptors (Lipinski definition) is 5. The van der Waals surface area contributed by atoms with Crippen LogP contribution in [-0.2, 0) is 16.1 Å². The monoisotopic (exact) mass is 408 g/mol. The summed E-state index contributed by atoms with van der Waals surface area (Å²) in [5.74, 6) is 0.457. The molecule has 148 valence electrons. The first-order valence-corrected chi connectivity index (χ1v) is 10.5. The van der Waals surface area contributed by atoms with Gasteiger partial charge in [0, 0.05) is 24.6 Å². The maximum atomic E-state index is 13.1. The standard InChI is InChI=1S/C21H20N4O3S/c26-19(22-15-7-9-28-10-8-15)13-24-21(27)17-12-14-4-1-2-5-16(14)25(17)20(23-24)18-6-3-11-29-18/h1-6,11-12,15H,7-10,13H2,(H,22,26). The van der Waals surface area contributed by atoms with Crippen molar-refractivity contribution in [2.24, 2.45) is 0 Å². The molecule has 3 aromatic heterocycles. The normalized spacial score (nSPS) is 15.2. The molecule has 7 nitrogen and oxygen atoms in total. The second kappa shape index (κ2) is 7.46. The SMILES string of the molecule is O=C(Cn1nc(-c2cccs2)n2c(cc3ccccc32)c1=O)NC1CCOCC1. The Bertz CT molecular complexity index is 1240. The zero-order valence-corrected chi connectivity index (χ0v) is 16.5. The minimum atomic E-state index is -0.274. The molecule has 4 aromatic rings. The highest BCUT2D eigenvalue weighted by Gasteiger charge is 2.20. The van der Waals surface area contributed by atoms with E-state index in [0.29, 0.717) is 24.6 Å². The van der Waals surface area contributed by atoms with Crippen LogP contribution in [-0.4, -0.2) is 39.3 Å². The highest BCUT2D eigenvalue weighted by molar-refractivity contribution is 7.13. The number of nitrogens with one attached hydrogen (secondary N) is 1. The van der Waals surface area contributed by atoms with Gasteiger partial charge in [0.2, 0.25) is 5.91 Å². The lowest BCUT2D eigenvalue weighted by molar-refractivity contribution is -0.123. The molecule has 1 fully saturated rings. The fourth-order valence-corrected chi connectivity index (χ4v) is 4.50. The molecule has 8 heteroatoms. The summed E-state index contributed by atoms with van der Waals surface area (Å²) in [4.78, 5) is 26.7. The first-order chi connectivity index (χ1) is 14.2. The Hall–Kier alpha value is -2.97. The summed E-state index contributed by atoms with van der Waals surface area (Å²) in [5, 5.41) is 10.5. The van der Waals surface area contributed by atoms with Crippen molar-refractivity contribution >= 4 is 33.7 Å². The van der Waals surface area contributed by atoms with Gasteiger partial charge >= 0.3 is 0 Å². The van der Waals surface area contributed by atoms with Crippen LogP contribution in [0, 0.1) is 0 Å². The lowest BCUT2D eigenvalue weighted by atomic mass is 10.1. The van der Waals surface area contributed by atoms with Gasteiger partial charge in [-0.3, -0.25) is 14.0 Å². The average molecular weight is 408 g/mol. The van der Waals surface area contributed by atoms with Crippen LogP contribution < -0.4 is 10.9 Å². The van der Waals surface area contributed by atoms with Crippen molar-refractivity contribution in [3.63, 3.8) is 0 Å². The third kappa shape index (κ3) is 3.34. The molecule has 1 aliphatic rings. The van der Waals surface area contributed by atoms with Crippen molar-refractivity contribution in [3.8, 4) is 10.7 Å². The molecular formula is C21H20N4O3S. The predicted molar refractivity (Wildman–Crippen MR) is 112 cm³/mol. The molecule has 5 rings (SSSR count). The van der Waals surface area contributed by atoms with E-state index in [-0.39, 0.29) is 24.1 Å². The predicted octanol–water partition coefficient (Wildman–Crippen LogP) is 2.67. The van der Waals surface area contributed by atoms with Crippen LogP contribution in [0.1, 0.15) is 12.8 Å². The number of amides is 1. The summed E-state index contributed by atoms with van der Waals surface area (Å²) in [6, 6.07) is 13.7. The van der Waals surface area contributed by atoms with Crippen LogP contribution in [0.4, 0.5) is 0 Å². The Labute approximate surface area is 170 Å². The lowest BCUT2D eigenvalue weighted by Gasteiger charge is -2.23. The molecule has 0 bridgehead atoms. The van der Waals surface area contributed by atoms with Crippen LogP contribution in [0.25, 0.3) is 27.1 Å². The van der Waals surface area contributed by atoms with Crippen LogP contribution in [0.3, 0.4) is 0 Å². The number of carbonyl (C=O) groups is 1. The largest absolute Gasteiger partial charge is 0.381 e. The Morgan fingerprint density at radius 3 is 2.79 bits per heavy atom. The van der Waals surface area contributed by atoms with Gasteiger partial charge in [-0.1, -0.05) is 24.3 Å². The smallest absolute Gasteiger partial charge is 0.291 e. The van der Waals surface area contributed by atoms with Gasteiger partial charge in [0.25, 0.3) is 5.56 Å². The second-order valence-corrected chi connectivity index (χ2v) is 8.09. The van der Waals surface area contributed by atoms with Gasteiger partial charge in [0.1, 0.15) is 12.1 Å². The van der Waals surface area contributed by atoms with Crippen molar-refractivity contribution in [3.05, 3.63) is 58.2 Å². The van der Waals surface area contributed by atoms with Gasteiger partial charge in [-0.05, 0) is 36.4 Å². The second-order valence-electron chi connectivity index (χ2n) is 7.14. The first-order valence-electron chi connectivity index (χ1n) is 9.63. The van der Waals surface area contributed by atoms with Crippen molar-refractivity contribution in [2.75, 3.05) is 13.2 Å². The van der Waals surface area contributed by atoms with Gasteiger partial charge in [0.05, 0.1) is 10.4 Å². The summed E-state index contributed by atoms with van der Waals surface area (Å²) < 4.78 is 8.49. The molecule has 0 aliphatic carbocycles. The molecule has 0 atom stereocenters. The Balaban J connectivity index is 1.59. The zero-order chi connectivity index (χ0) is 19.8. The van der Waals surface area contributed by atoms with Crippen LogP contribution in [0.5, 0.6) is 0 Å². The van der Waals surface area contributed by atoms with Gasteiger partial charge in [0.15, 0.2) is 5.82 Å². The van der Waals surface area contributed by atoms with E-state index in [0.717, 1.165) is 28.6 Å². The lowest BCUT2D eigenvalue weighted by Crippen LogP contribution is -2.42. The quantitative estimate of drug-likeness (QED) is 0.563. The van der Waals surface area contributed by atoms with Gasteiger partial charge < -0.3 is 10.1 Å². The van der Waals surface area contributed by atoms with Crippen LogP contribution in [0.15, 0.2) is 52.6 Å². The number of thiophene rings is 1. The van der Waals surface area contributed by atoms with E-state index in [4.69, 9.17) is 4.74 Å². The molecule has 1 aromatic carbocycles.